The van der Waals surface area contributed by atoms with Crippen molar-refractivity contribution in [3.8, 4) is 11.8 Å². The van der Waals surface area contributed by atoms with Gasteiger partial charge in [0.2, 0.25) is 0 Å². The molecule has 0 spiro atoms. The quantitative estimate of drug-likeness (QED) is 0.885. The first-order valence-corrected chi connectivity index (χ1v) is 7.61. The van der Waals surface area contributed by atoms with Gasteiger partial charge in [-0.15, -0.1) is 11.3 Å². The Balaban J connectivity index is 2.33. The molecule has 1 amide bonds. The van der Waals surface area contributed by atoms with Crippen molar-refractivity contribution < 1.29 is 9.90 Å². The maximum absolute atomic E-state index is 12.7. The Morgan fingerprint density at radius 3 is 2.62 bits per heavy atom. The van der Waals surface area contributed by atoms with E-state index in [1.165, 1.54) is 11.3 Å². The molecule has 1 aromatic carbocycles. The van der Waals surface area contributed by atoms with Crippen LogP contribution in [0.4, 0.5) is 5.69 Å². The number of hydrogen-bond donors (Lipinski definition) is 1. The van der Waals surface area contributed by atoms with Gasteiger partial charge in [-0.1, -0.05) is 29.5 Å². The molecule has 1 aromatic heterocycles. The number of aliphatic hydroxyl groups is 1. The summed E-state index contributed by atoms with van der Waals surface area (Å²) in [6, 6.07) is 9.69. The normalized spacial score (nSPS) is 9.86. The molecule has 1 heterocycles. The second-order valence-electron chi connectivity index (χ2n) is 4.51. The van der Waals surface area contributed by atoms with Gasteiger partial charge >= 0.3 is 0 Å². The molecule has 0 aliphatic carbocycles. The van der Waals surface area contributed by atoms with Gasteiger partial charge in [-0.05, 0) is 37.4 Å². The zero-order valence-corrected chi connectivity index (χ0v) is 12.9. The molecule has 0 atom stereocenters. The smallest absolute Gasteiger partial charge is 0.269 e. The average Bonchev–Trinajstić information content (AvgIpc) is 2.96. The van der Waals surface area contributed by atoms with Crippen molar-refractivity contribution in [1.29, 1.82) is 0 Å². The van der Waals surface area contributed by atoms with Crippen molar-refractivity contribution in [2.45, 2.75) is 13.8 Å². The largest absolute Gasteiger partial charge is 0.384 e. The highest BCUT2D eigenvalue weighted by molar-refractivity contribution is 7.12. The minimum Gasteiger partial charge on any atom is -0.384 e. The molecular weight excluding hydrogens is 282 g/mol. The number of hydrogen-bond acceptors (Lipinski definition) is 3. The Kier molecular flexibility index (Phi) is 5.15. The van der Waals surface area contributed by atoms with E-state index in [0.717, 1.165) is 11.3 Å². The second-order valence-corrected chi connectivity index (χ2v) is 5.42. The fraction of sp³-hybridized carbons (Fsp3) is 0.235. The van der Waals surface area contributed by atoms with Gasteiger partial charge in [0, 0.05) is 17.8 Å². The third-order valence-electron chi connectivity index (χ3n) is 3.07. The monoisotopic (exact) mass is 299 g/mol. The van der Waals surface area contributed by atoms with Crippen LogP contribution in [-0.4, -0.2) is 24.2 Å². The molecule has 2 aromatic rings. The SMILES string of the molecule is CCN(C(=O)c1sccc1C#CCO)c1ccc(C)cc1. The molecule has 4 heteroatoms. The number of nitrogens with zero attached hydrogens (tertiary/aromatic N) is 1. The van der Waals surface area contributed by atoms with E-state index in [2.05, 4.69) is 11.8 Å². The molecule has 2 rings (SSSR count). The highest BCUT2D eigenvalue weighted by atomic mass is 32.1. The highest BCUT2D eigenvalue weighted by Crippen LogP contribution is 2.23. The van der Waals surface area contributed by atoms with Gasteiger partial charge in [0.25, 0.3) is 5.91 Å². The van der Waals surface area contributed by atoms with Crippen molar-refractivity contribution >= 4 is 22.9 Å². The van der Waals surface area contributed by atoms with Gasteiger partial charge in [-0.25, -0.2) is 0 Å². The summed E-state index contributed by atoms with van der Waals surface area (Å²) >= 11 is 1.37. The first-order chi connectivity index (χ1) is 10.2. The topological polar surface area (TPSA) is 40.5 Å². The van der Waals surface area contributed by atoms with Gasteiger partial charge in [0.15, 0.2) is 0 Å². The van der Waals surface area contributed by atoms with Crippen LogP contribution in [0.25, 0.3) is 0 Å². The van der Waals surface area contributed by atoms with Gasteiger partial charge in [-0.2, -0.15) is 0 Å². The van der Waals surface area contributed by atoms with Crippen LogP contribution >= 0.6 is 11.3 Å². The van der Waals surface area contributed by atoms with Crippen molar-refractivity contribution in [3.05, 3.63) is 51.7 Å². The molecule has 0 aliphatic heterocycles. The van der Waals surface area contributed by atoms with Crippen LogP contribution in [0.15, 0.2) is 35.7 Å². The molecule has 0 fully saturated rings. The number of anilines is 1. The van der Waals surface area contributed by atoms with Crippen LogP contribution in [0.5, 0.6) is 0 Å². The molecule has 3 nitrogen and oxygen atoms in total. The second kappa shape index (κ2) is 7.07. The van der Waals surface area contributed by atoms with E-state index in [1.54, 1.807) is 4.90 Å². The fourth-order valence-electron chi connectivity index (χ4n) is 2.00. The number of aryl methyl sites for hydroxylation is 1. The lowest BCUT2D eigenvalue weighted by Crippen LogP contribution is -2.30. The fourth-order valence-corrected chi connectivity index (χ4v) is 2.80. The zero-order chi connectivity index (χ0) is 15.2. The maximum Gasteiger partial charge on any atom is 0.269 e. The summed E-state index contributed by atoms with van der Waals surface area (Å²) in [6.07, 6.45) is 0. The number of aliphatic hydroxyl groups excluding tert-OH is 1. The van der Waals surface area contributed by atoms with Crippen LogP contribution in [0.1, 0.15) is 27.7 Å². The van der Waals surface area contributed by atoms with Crippen LogP contribution < -0.4 is 4.90 Å². The van der Waals surface area contributed by atoms with Gasteiger partial charge in [0.1, 0.15) is 11.5 Å². The minimum atomic E-state index is -0.209. The number of carbonyl (C=O) groups is 1. The predicted molar refractivity (Wildman–Crippen MR) is 86.8 cm³/mol. The van der Waals surface area contributed by atoms with Crippen LogP contribution in [0, 0.1) is 18.8 Å². The summed E-state index contributed by atoms with van der Waals surface area (Å²) in [4.78, 5) is 15.1. The van der Waals surface area contributed by atoms with Crippen LogP contribution in [-0.2, 0) is 0 Å². The van der Waals surface area contributed by atoms with E-state index in [4.69, 9.17) is 5.11 Å². The van der Waals surface area contributed by atoms with Crippen molar-refractivity contribution in [2.75, 3.05) is 18.1 Å². The van der Waals surface area contributed by atoms with Crippen LogP contribution in [0.3, 0.4) is 0 Å². The molecule has 0 saturated carbocycles. The molecule has 0 unspecified atom stereocenters. The molecule has 0 saturated heterocycles. The Morgan fingerprint density at radius 1 is 1.29 bits per heavy atom. The van der Waals surface area contributed by atoms with Gasteiger partial charge in [0.05, 0.1) is 0 Å². The van der Waals surface area contributed by atoms with E-state index >= 15 is 0 Å². The summed E-state index contributed by atoms with van der Waals surface area (Å²) in [5, 5.41) is 10.6. The summed E-state index contributed by atoms with van der Waals surface area (Å²) in [6.45, 7) is 4.35. The van der Waals surface area contributed by atoms with Crippen molar-refractivity contribution in [1.82, 2.24) is 0 Å². The van der Waals surface area contributed by atoms with Crippen molar-refractivity contribution in [2.24, 2.45) is 0 Å². The third kappa shape index (κ3) is 3.52. The Bertz CT molecular complexity index is 677. The molecular formula is C17H17NO2S. The zero-order valence-electron chi connectivity index (χ0n) is 12.1. The summed E-state index contributed by atoms with van der Waals surface area (Å²) in [5.41, 5.74) is 2.71. The standard InChI is InChI=1S/C17H17NO2S/c1-3-18(15-8-6-13(2)7-9-15)17(20)16-14(5-4-11-19)10-12-21-16/h6-10,12,19H,3,11H2,1-2H3. The van der Waals surface area contributed by atoms with E-state index < -0.39 is 0 Å². The summed E-state index contributed by atoms with van der Waals surface area (Å²) < 4.78 is 0. The van der Waals surface area contributed by atoms with E-state index in [9.17, 15) is 4.79 Å². The Hall–Kier alpha value is -2.09. The summed E-state index contributed by atoms with van der Waals surface area (Å²) in [5.74, 6) is 5.36. The van der Waals surface area contributed by atoms with E-state index in [-0.39, 0.29) is 12.5 Å². The van der Waals surface area contributed by atoms with E-state index in [0.29, 0.717) is 17.0 Å². The maximum atomic E-state index is 12.7. The number of rotatable bonds is 3. The summed E-state index contributed by atoms with van der Waals surface area (Å²) in [7, 11) is 0. The predicted octanol–water partition coefficient (Wildman–Crippen LogP) is 3.07. The number of thiophene rings is 1. The minimum absolute atomic E-state index is 0.0569. The van der Waals surface area contributed by atoms with Gasteiger partial charge < -0.3 is 10.0 Å². The average molecular weight is 299 g/mol. The Morgan fingerprint density at radius 2 is 2.00 bits per heavy atom. The lowest BCUT2D eigenvalue weighted by atomic mass is 10.2. The first-order valence-electron chi connectivity index (χ1n) is 6.73. The highest BCUT2D eigenvalue weighted by Gasteiger charge is 2.19. The first kappa shape index (κ1) is 15.3. The number of amides is 1. The number of benzene rings is 1. The number of carbonyl (C=O) groups excluding carboxylic acids is 1. The lowest BCUT2D eigenvalue weighted by molar-refractivity contribution is 0.0992. The molecule has 0 aliphatic rings. The van der Waals surface area contributed by atoms with E-state index in [1.807, 2.05) is 49.6 Å². The molecule has 0 radical (unpaired) electrons. The lowest BCUT2D eigenvalue weighted by Gasteiger charge is -2.20. The molecule has 1 N–H and O–H groups in total. The third-order valence-corrected chi connectivity index (χ3v) is 3.97. The van der Waals surface area contributed by atoms with Crippen LogP contribution in [0.2, 0.25) is 0 Å². The van der Waals surface area contributed by atoms with Crippen molar-refractivity contribution in [3.63, 3.8) is 0 Å². The molecule has 0 bridgehead atoms. The molecule has 108 valence electrons. The molecule has 21 heavy (non-hydrogen) atoms. The Labute approximate surface area is 128 Å². The van der Waals surface area contributed by atoms with Gasteiger partial charge in [-0.3, -0.25) is 4.79 Å².